The van der Waals surface area contributed by atoms with Gasteiger partial charge in [-0.2, -0.15) is 10.4 Å². The Morgan fingerprint density at radius 1 is 1.11 bits per heavy atom. The van der Waals surface area contributed by atoms with Crippen LogP contribution in [0.3, 0.4) is 0 Å². The Labute approximate surface area is 212 Å². The number of fused-ring (bicyclic) bond motifs is 3. The van der Waals surface area contributed by atoms with Gasteiger partial charge in [-0.05, 0) is 49.8 Å². The first-order valence-electron chi connectivity index (χ1n) is 11.7. The van der Waals surface area contributed by atoms with E-state index in [0.717, 1.165) is 31.2 Å². The predicted octanol–water partition coefficient (Wildman–Crippen LogP) is 5.31. The Balaban J connectivity index is 1.56. The molecule has 36 heavy (non-hydrogen) atoms. The zero-order valence-corrected chi connectivity index (χ0v) is 20.7. The second-order valence-corrected chi connectivity index (χ2v) is 11.3. The van der Waals surface area contributed by atoms with Gasteiger partial charge in [-0.3, -0.25) is 5.10 Å². The summed E-state index contributed by atoms with van der Waals surface area (Å²) in [5, 5.41) is 17.3. The average molecular weight is 520 g/mol. The summed E-state index contributed by atoms with van der Waals surface area (Å²) in [6.45, 7) is 0. The van der Waals surface area contributed by atoms with Gasteiger partial charge in [-0.15, -0.1) is 0 Å². The number of H-pyrrole nitrogens is 1. The fourth-order valence-electron chi connectivity index (χ4n) is 5.24. The van der Waals surface area contributed by atoms with Crippen molar-refractivity contribution in [2.24, 2.45) is 5.92 Å². The fourth-order valence-corrected chi connectivity index (χ4v) is 6.74. The van der Waals surface area contributed by atoms with E-state index in [9.17, 15) is 8.42 Å². The SMILES string of the molecule is N#CCC1CCC(n2c(-c3[nH]ncc3Cl)nc3cnc4c(ccn4S(=O)(=O)c4ccccc4)c32)CC1. The van der Waals surface area contributed by atoms with Gasteiger partial charge in [-0.25, -0.2) is 22.4 Å². The Morgan fingerprint density at radius 3 is 2.58 bits per heavy atom. The second kappa shape index (κ2) is 8.76. The Kier molecular flexibility index (Phi) is 5.54. The van der Waals surface area contributed by atoms with Crippen LogP contribution >= 0.6 is 11.6 Å². The molecule has 1 N–H and O–H groups in total. The van der Waals surface area contributed by atoms with Crippen molar-refractivity contribution >= 4 is 43.7 Å². The van der Waals surface area contributed by atoms with Gasteiger partial charge in [-0.1, -0.05) is 29.8 Å². The van der Waals surface area contributed by atoms with Crippen LogP contribution in [0.1, 0.15) is 38.1 Å². The Hall–Kier alpha value is -3.68. The number of nitriles is 1. The number of rotatable bonds is 5. The van der Waals surface area contributed by atoms with E-state index in [0.29, 0.717) is 45.4 Å². The van der Waals surface area contributed by atoms with Crippen molar-refractivity contribution < 1.29 is 8.42 Å². The molecule has 0 atom stereocenters. The summed E-state index contributed by atoms with van der Waals surface area (Å²) >= 11 is 6.45. The van der Waals surface area contributed by atoms with Crippen LogP contribution in [0.4, 0.5) is 0 Å². The number of aromatic nitrogens is 6. The Morgan fingerprint density at radius 2 is 1.89 bits per heavy atom. The van der Waals surface area contributed by atoms with Crippen molar-refractivity contribution in [2.45, 2.75) is 43.0 Å². The van der Waals surface area contributed by atoms with Crippen LogP contribution < -0.4 is 0 Å². The minimum Gasteiger partial charge on any atom is -0.319 e. The molecule has 182 valence electrons. The molecular weight excluding hydrogens is 498 g/mol. The topological polar surface area (TPSA) is 122 Å². The lowest BCUT2D eigenvalue weighted by molar-refractivity contribution is 0.283. The predicted molar refractivity (Wildman–Crippen MR) is 136 cm³/mol. The number of nitrogens with one attached hydrogen (secondary N) is 1. The molecule has 11 heteroatoms. The van der Waals surface area contributed by atoms with Crippen molar-refractivity contribution in [1.29, 1.82) is 5.26 Å². The third-order valence-electron chi connectivity index (χ3n) is 7.01. The molecule has 0 radical (unpaired) electrons. The lowest BCUT2D eigenvalue weighted by atomic mass is 9.84. The van der Waals surface area contributed by atoms with E-state index in [2.05, 4.69) is 25.8 Å². The van der Waals surface area contributed by atoms with Crippen molar-refractivity contribution in [3.8, 4) is 17.6 Å². The van der Waals surface area contributed by atoms with Crippen LogP contribution in [0.25, 0.3) is 33.6 Å². The molecule has 0 aliphatic heterocycles. The maximum Gasteiger partial charge on any atom is 0.269 e. The minimum absolute atomic E-state index is 0.110. The van der Waals surface area contributed by atoms with Crippen molar-refractivity contribution in [1.82, 2.24) is 28.7 Å². The first-order valence-corrected chi connectivity index (χ1v) is 13.6. The van der Waals surface area contributed by atoms with Gasteiger partial charge >= 0.3 is 0 Å². The van der Waals surface area contributed by atoms with Crippen LogP contribution in [-0.2, 0) is 10.0 Å². The smallest absolute Gasteiger partial charge is 0.269 e. The quantitative estimate of drug-likeness (QED) is 0.335. The van der Waals surface area contributed by atoms with Gasteiger partial charge in [0.15, 0.2) is 11.5 Å². The summed E-state index contributed by atoms with van der Waals surface area (Å²) in [4.78, 5) is 9.57. The largest absolute Gasteiger partial charge is 0.319 e. The normalized spacial score (nSPS) is 18.6. The number of nitrogens with zero attached hydrogens (tertiary/aromatic N) is 6. The van der Waals surface area contributed by atoms with E-state index in [1.807, 2.05) is 0 Å². The lowest BCUT2D eigenvalue weighted by Gasteiger charge is -2.29. The molecule has 0 bridgehead atoms. The van der Waals surface area contributed by atoms with E-state index in [-0.39, 0.29) is 10.9 Å². The molecular formula is C25H22ClN7O2S. The van der Waals surface area contributed by atoms with E-state index in [1.54, 1.807) is 55.0 Å². The zero-order valence-electron chi connectivity index (χ0n) is 19.2. The number of aromatic amines is 1. The van der Waals surface area contributed by atoms with Crippen LogP contribution in [-0.4, -0.2) is 37.1 Å². The molecule has 5 aromatic rings. The lowest BCUT2D eigenvalue weighted by Crippen LogP contribution is -2.19. The van der Waals surface area contributed by atoms with E-state index >= 15 is 0 Å². The third kappa shape index (κ3) is 3.58. The molecule has 1 aromatic carbocycles. The Bertz CT molecular complexity index is 1720. The van der Waals surface area contributed by atoms with Gasteiger partial charge < -0.3 is 4.57 Å². The summed E-state index contributed by atoms with van der Waals surface area (Å²) in [7, 11) is -3.83. The van der Waals surface area contributed by atoms with Gasteiger partial charge in [0.1, 0.15) is 11.2 Å². The first kappa shape index (κ1) is 22.8. The monoisotopic (exact) mass is 519 g/mol. The fraction of sp³-hybridized carbons (Fsp3) is 0.280. The number of hydrogen-bond donors (Lipinski definition) is 1. The summed E-state index contributed by atoms with van der Waals surface area (Å²) in [5.41, 5.74) is 2.41. The number of halogens is 1. The standard InChI is InChI=1S/C25H22ClN7O2S/c26-20-14-29-31-22(20)25-30-21-15-28-24-19(11-13-32(24)36(34,35)18-4-2-1-3-5-18)23(21)33(25)17-8-6-16(7-9-17)10-12-27/h1-5,11,13-17H,6-10H2,(H,29,31). The number of imidazole rings is 1. The molecule has 0 saturated heterocycles. The highest BCUT2D eigenvalue weighted by Crippen LogP contribution is 2.41. The molecule has 0 unspecified atom stereocenters. The maximum absolute atomic E-state index is 13.4. The molecule has 0 amide bonds. The molecule has 6 rings (SSSR count). The highest BCUT2D eigenvalue weighted by Gasteiger charge is 2.29. The van der Waals surface area contributed by atoms with E-state index in [1.165, 1.54) is 3.97 Å². The summed E-state index contributed by atoms with van der Waals surface area (Å²) in [6, 6.07) is 12.5. The average Bonchev–Trinajstić information content (AvgIpc) is 3.61. The molecule has 1 aliphatic rings. The molecule has 4 heterocycles. The van der Waals surface area contributed by atoms with Crippen molar-refractivity contribution in [2.75, 3.05) is 0 Å². The van der Waals surface area contributed by atoms with E-state index in [4.69, 9.17) is 21.8 Å². The summed E-state index contributed by atoms with van der Waals surface area (Å²) in [5.74, 6) is 1.03. The number of hydrogen-bond acceptors (Lipinski definition) is 6. The van der Waals surface area contributed by atoms with Crippen molar-refractivity contribution in [3.05, 3.63) is 60.0 Å². The molecule has 1 saturated carbocycles. The third-order valence-corrected chi connectivity index (χ3v) is 8.97. The molecule has 4 aromatic heterocycles. The van der Waals surface area contributed by atoms with Crippen molar-refractivity contribution in [3.63, 3.8) is 0 Å². The number of pyridine rings is 1. The summed E-state index contributed by atoms with van der Waals surface area (Å²) in [6.07, 6.45) is 8.89. The van der Waals surface area contributed by atoms with Crippen LogP contribution in [0, 0.1) is 17.2 Å². The zero-order chi connectivity index (χ0) is 24.9. The minimum atomic E-state index is -3.83. The van der Waals surface area contributed by atoms with Gasteiger partial charge in [0.05, 0.1) is 33.9 Å². The van der Waals surface area contributed by atoms with Crippen LogP contribution in [0.5, 0.6) is 0 Å². The molecule has 1 fully saturated rings. The van der Waals surface area contributed by atoms with Gasteiger partial charge in [0, 0.05) is 24.0 Å². The summed E-state index contributed by atoms with van der Waals surface area (Å²) < 4.78 is 30.2. The highest BCUT2D eigenvalue weighted by atomic mass is 35.5. The second-order valence-electron chi connectivity index (χ2n) is 9.09. The molecule has 1 aliphatic carbocycles. The van der Waals surface area contributed by atoms with Crippen LogP contribution in [0.2, 0.25) is 5.02 Å². The first-order chi connectivity index (χ1) is 17.5. The molecule has 9 nitrogen and oxygen atoms in total. The highest BCUT2D eigenvalue weighted by molar-refractivity contribution is 7.90. The van der Waals surface area contributed by atoms with Crippen LogP contribution in [0.15, 0.2) is 59.9 Å². The van der Waals surface area contributed by atoms with Gasteiger partial charge in [0.25, 0.3) is 10.0 Å². The van der Waals surface area contributed by atoms with E-state index < -0.39 is 10.0 Å². The van der Waals surface area contributed by atoms with Gasteiger partial charge in [0.2, 0.25) is 0 Å². The number of benzene rings is 1. The maximum atomic E-state index is 13.4. The molecule has 0 spiro atoms.